The van der Waals surface area contributed by atoms with E-state index in [-0.39, 0.29) is 5.60 Å². The molecule has 0 aromatic heterocycles. The molecular weight excluding hydrogens is 124 g/mol. The fourth-order valence-corrected chi connectivity index (χ4v) is 1.13. The summed E-state index contributed by atoms with van der Waals surface area (Å²) in [4.78, 5) is 0. The highest BCUT2D eigenvalue weighted by atomic mass is 35.5. The third kappa shape index (κ3) is 1.15. The average molecular weight is 135 g/mol. The van der Waals surface area contributed by atoms with Gasteiger partial charge in [0.05, 0.1) is 12.5 Å². The Morgan fingerprint density at radius 1 is 1.75 bits per heavy atom. The van der Waals surface area contributed by atoms with Crippen molar-refractivity contribution in [2.75, 3.05) is 12.5 Å². The lowest BCUT2D eigenvalue weighted by molar-refractivity contribution is 0.310. The van der Waals surface area contributed by atoms with E-state index in [0.717, 1.165) is 13.0 Å². The second-order valence-electron chi connectivity index (χ2n) is 2.36. The van der Waals surface area contributed by atoms with Crippen LogP contribution in [0.25, 0.3) is 0 Å². The molecule has 1 rings (SSSR count). The van der Waals surface area contributed by atoms with E-state index >= 15 is 0 Å². The summed E-state index contributed by atoms with van der Waals surface area (Å²) in [5.74, 6) is 0.668. The normalized spacial score (nSPS) is 35.2. The summed E-state index contributed by atoms with van der Waals surface area (Å²) in [5, 5.41) is 0. The van der Waals surface area contributed by atoms with Crippen molar-refractivity contribution in [3.63, 3.8) is 0 Å². The maximum atomic E-state index is 5.61. The number of rotatable bonds is 3. The molecule has 1 aliphatic heterocycles. The van der Waals surface area contributed by atoms with Gasteiger partial charge in [-0.2, -0.15) is 0 Å². The number of alkyl halides is 1. The van der Waals surface area contributed by atoms with E-state index in [1.807, 2.05) is 0 Å². The van der Waals surface area contributed by atoms with Crippen LogP contribution in [0.5, 0.6) is 0 Å². The zero-order valence-corrected chi connectivity index (χ0v) is 5.87. The molecule has 2 heteroatoms. The van der Waals surface area contributed by atoms with Crippen LogP contribution in [0.4, 0.5) is 0 Å². The molecule has 1 aliphatic rings. The van der Waals surface area contributed by atoms with Gasteiger partial charge in [0.15, 0.2) is 0 Å². The van der Waals surface area contributed by atoms with E-state index in [0.29, 0.717) is 5.88 Å². The molecule has 1 heterocycles. The Bertz CT molecular complexity index is 78.6. The van der Waals surface area contributed by atoms with Crippen molar-refractivity contribution in [3.05, 3.63) is 0 Å². The standard InChI is InChI=1S/C6H11ClO/c1-2-3-6(4-7)5-8-6/h2-5H2,1H3. The molecule has 1 atom stereocenters. The smallest absolute Gasteiger partial charge is 0.105 e. The van der Waals surface area contributed by atoms with Gasteiger partial charge < -0.3 is 4.74 Å². The molecule has 8 heavy (non-hydrogen) atoms. The average Bonchev–Trinajstić information content (AvgIpc) is 2.50. The molecule has 1 saturated heterocycles. The van der Waals surface area contributed by atoms with Crippen molar-refractivity contribution >= 4 is 11.6 Å². The lowest BCUT2D eigenvalue weighted by Gasteiger charge is -2.02. The topological polar surface area (TPSA) is 12.5 Å². The number of ether oxygens (including phenoxy) is 1. The summed E-state index contributed by atoms with van der Waals surface area (Å²) in [5.41, 5.74) is 0.107. The lowest BCUT2D eigenvalue weighted by Crippen LogP contribution is -2.11. The van der Waals surface area contributed by atoms with Crippen LogP contribution in [0.1, 0.15) is 19.8 Å². The molecule has 1 unspecified atom stereocenters. The second kappa shape index (κ2) is 2.24. The van der Waals surface area contributed by atoms with E-state index in [2.05, 4.69) is 6.92 Å². The van der Waals surface area contributed by atoms with Gasteiger partial charge >= 0.3 is 0 Å². The Kier molecular flexibility index (Phi) is 1.78. The Morgan fingerprint density at radius 2 is 2.38 bits per heavy atom. The molecule has 1 fully saturated rings. The van der Waals surface area contributed by atoms with Crippen LogP contribution >= 0.6 is 11.6 Å². The minimum atomic E-state index is 0.107. The molecule has 48 valence electrons. The zero-order valence-electron chi connectivity index (χ0n) is 5.11. The van der Waals surface area contributed by atoms with Crippen LogP contribution in [0.2, 0.25) is 0 Å². The SMILES string of the molecule is CCCC1(CCl)CO1. The molecular formula is C6H11ClO. The fraction of sp³-hybridized carbons (Fsp3) is 1.00. The molecule has 1 nitrogen and oxygen atoms in total. The molecule has 0 aromatic carbocycles. The largest absolute Gasteiger partial charge is 0.368 e. The lowest BCUT2D eigenvalue weighted by atomic mass is 10.1. The first-order chi connectivity index (χ1) is 3.83. The molecule has 0 N–H and O–H groups in total. The molecule has 0 spiro atoms. The predicted octanol–water partition coefficient (Wildman–Crippen LogP) is 1.79. The van der Waals surface area contributed by atoms with Crippen molar-refractivity contribution in [2.24, 2.45) is 0 Å². The Balaban J connectivity index is 2.20. The van der Waals surface area contributed by atoms with Crippen LogP contribution in [-0.4, -0.2) is 18.1 Å². The maximum absolute atomic E-state index is 5.61. The summed E-state index contributed by atoms with van der Waals surface area (Å²) in [7, 11) is 0. The molecule has 0 bridgehead atoms. The highest BCUT2D eigenvalue weighted by molar-refractivity contribution is 6.18. The van der Waals surface area contributed by atoms with E-state index < -0.39 is 0 Å². The first-order valence-corrected chi connectivity index (χ1v) is 3.56. The molecule has 0 amide bonds. The minimum Gasteiger partial charge on any atom is -0.368 e. The maximum Gasteiger partial charge on any atom is 0.105 e. The van der Waals surface area contributed by atoms with E-state index in [9.17, 15) is 0 Å². The van der Waals surface area contributed by atoms with Crippen LogP contribution < -0.4 is 0 Å². The van der Waals surface area contributed by atoms with Crippen molar-refractivity contribution < 1.29 is 4.74 Å². The highest BCUT2D eigenvalue weighted by Crippen LogP contribution is 2.32. The van der Waals surface area contributed by atoms with E-state index in [1.165, 1.54) is 6.42 Å². The van der Waals surface area contributed by atoms with Crippen LogP contribution in [0.15, 0.2) is 0 Å². The Labute approximate surface area is 55.0 Å². The predicted molar refractivity (Wildman–Crippen MR) is 34.3 cm³/mol. The van der Waals surface area contributed by atoms with Crippen LogP contribution in [0, 0.1) is 0 Å². The number of hydrogen-bond donors (Lipinski definition) is 0. The van der Waals surface area contributed by atoms with Gasteiger partial charge in [-0.3, -0.25) is 0 Å². The van der Waals surface area contributed by atoms with Crippen LogP contribution in [0.3, 0.4) is 0 Å². The Morgan fingerprint density at radius 3 is 2.50 bits per heavy atom. The summed E-state index contributed by atoms with van der Waals surface area (Å²) in [6.45, 7) is 3.03. The van der Waals surface area contributed by atoms with Gasteiger partial charge in [0.25, 0.3) is 0 Å². The molecule has 0 aliphatic carbocycles. The molecule has 0 aromatic rings. The van der Waals surface area contributed by atoms with Crippen LogP contribution in [-0.2, 0) is 4.74 Å². The number of halogens is 1. The van der Waals surface area contributed by atoms with Gasteiger partial charge in [-0.15, -0.1) is 11.6 Å². The first kappa shape index (κ1) is 6.37. The fourth-order valence-electron chi connectivity index (χ4n) is 0.846. The minimum absolute atomic E-state index is 0.107. The third-order valence-electron chi connectivity index (χ3n) is 1.50. The van der Waals surface area contributed by atoms with Gasteiger partial charge in [0.1, 0.15) is 5.60 Å². The van der Waals surface area contributed by atoms with Crippen molar-refractivity contribution in [1.29, 1.82) is 0 Å². The third-order valence-corrected chi connectivity index (χ3v) is 1.99. The van der Waals surface area contributed by atoms with Gasteiger partial charge in [-0.1, -0.05) is 13.3 Å². The highest BCUT2D eigenvalue weighted by Gasteiger charge is 2.42. The van der Waals surface area contributed by atoms with Crippen molar-refractivity contribution in [2.45, 2.75) is 25.4 Å². The van der Waals surface area contributed by atoms with Gasteiger partial charge in [-0.25, -0.2) is 0 Å². The summed E-state index contributed by atoms with van der Waals surface area (Å²) in [6.07, 6.45) is 2.29. The van der Waals surface area contributed by atoms with Crippen molar-refractivity contribution in [1.82, 2.24) is 0 Å². The van der Waals surface area contributed by atoms with Gasteiger partial charge in [0, 0.05) is 0 Å². The number of epoxide rings is 1. The van der Waals surface area contributed by atoms with Gasteiger partial charge in [-0.05, 0) is 6.42 Å². The molecule has 0 radical (unpaired) electrons. The number of hydrogen-bond acceptors (Lipinski definition) is 1. The Hall–Kier alpha value is 0.250. The quantitative estimate of drug-likeness (QED) is 0.424. The first-order valence-electron chi connectivity index (χ1n) is 3.03. The summed E-state index contributed by atoms with van der Waals surface area (Å²) in [6, 6.07) is 0. The molecule has 0 saturated carbocycles. The summed E-state index contributed by atoms with van der Waals surface area (Å²) >= 11 is 5.61. The van der Waals surface area contributed by atoms with E-state index in [1.54, 1.807) is 0 Å². The second-order valence-corrected chi connectivity index (χ2v) is 2.62. The van der Waals surface area contributed by atoms with Gasteiger partial charge in [0.2, 0.25) is 0 Å². The monoisotopic (exact) mass is 134 g/mol. The summed E-state index contributed by atoms with van der Waals surface area (Å²) < 4.78 is 5.15. The zero-order chi connectivity index (χ0) is 6.04. The van der Waals surface area contributed by atoms with E-state index in [4.69, 9.17) is 16.3 Å². The van der Waals surface area contributed by atoms with Crippen molar-refractivity contribution in [3.8, 4) is 0 Å².